The van der Waals surface area contributed by atoms with Crippen LogP contribution >= 0.6 is 0 Å². The van der Waals surface area contributed by atoms with Gasteiger partial charge in [-0.1, -0.05) is 35.9 Å². The number of amides is 1. The van der Waals surface area contributed by atoms with Crippen LogP contribution in [0.3, 0.4) is 0 Å². The average molecular weight is 407 g/mol. The number of rotatable bonds is 4. The van der Waals surface area contributed by atoms with E-state index < -0.39 is 10.0 Å². The minimum absolute atomic E-state index is 0.126. The molecule has 0 saturated heterocycles. The first-order chi connectivity index (χ1) is 13.9. The number of aryl methyl sites for hydroxylation is 1. The highest BCUT2D eigenvalue weighted by Crippen LogP contribution is 2.34. The van der Waals surface area contributed by atoms with E-state index in [0.29, 0.717) is 24.2 Å². The Labute approximate surface area is 171 Å². The Bertz CT molecular complexity index is 1160. The fourth-order valence-electron chi connectivity index (χ4n) is 3.55. The summed E-state index contributed by atoms with van der Waals surface area (Å²) in [6.07, 6.45) is 0.580. The molecule has 0 atom stereocenters. The first-order valence-electron chi connectivity index (χ1n) is 9.43. The van der Waals surface area contributed by atoms with Gasteiger partial charge in [-0.15, -0.1) is 0 Å². The lowest BCUT2D eigenvalue weighted by molar-refractivity contribution is 0.0993. The minimum atomic E-state index is -3.62. The summed E-state index contributed by atoms with van der Waals surface area (Å²) in [5.74, 6) is -0.126. The molecule has 0 fully saturated rings. The Kier molecular flexibility index (Phi) is 4.88. The highest BCUT2D eigenvalue weighted by molar-refractivity contribution is 7.92. The molecule has 6 heteroatoms. The molecule has 0 bridgehead atoms. The van der Waals surface area contributed by atoms with E-state index in [1.54, 1.807) is 48.3 Å². The number of hydrogen-bond acceptors (Lipinski definition) is 3. The number of para-hydroxylation sites is 1. The second kappa shape index (κ2) is 7.37. The molecule has 5 nitrogen and oxygen atoms in total. The van der Waals surface area contributed by atoms with Crippen molar-refractivity contribution in [1.82, 2.24) is 0 Å². The van der Waals surface area contributed by atoms with Crippen LogP contribution in [0.25, 0.3) is 0 Å². The standard InChI is InChI=1S/C23H22N2O3S/c1-17-8-11-21(12-9-17)29(27,28)25-15-14-18-16-19(10-13-22(18)25)23(26)24(2)20-6-4-3-5-7-20/h3-13,16H,14-15H2,1-2H3. The average Bonchev–Trinajstić information content (AvgIpc) is 3.17. The van der Waals surface area contributed by atoms with E-state index >= 15 is 0 Å². The van der Waals surface area contributed by atoms with E-state index in [-0.39, 0.29) is 10.8 Å². The van der Waals surface area contributed by atoms with Crippen LogP contribution in [0.15, 0.2) is 77.7 Å². The van der Waals surface area contributed by atoms with Crippen molar-refractivity contribution in [3.63, 3.8) is 0 Å². The minimum Gasteiger partial charge on any atom is -0.311 e. The van der Waals surface area contributed by atoms with Crippen molar-refractivity contribution < 1.29 is 13.2 Å². The molecule has 1 heterocycles. The highest BCUT2D eigenvalue weighted by atomic mass is 32.2. The van der Waals surface area contributed by atoms with E-state index in [9.17, 15) is 13.2 Å². The summed E-state index contributed by atoms with van der Waals surface area (Å²) in [4.78, 5) is 14.7. The van der Waals surface area contributed by atoms with Crippen molar-refractivity contribution in [2.24, 2.45) is 0 Å². The zero-order valence-electron chi connectivity index (χ0n) is 16.4. The number of carbonyl (C=O) groups excluding carboxylic acids is 1. The van der Waals surface area contributed by atoms with E-state index in [1.807, 2.05) is 43.3 Å². The van der Waals surface area contributed by atoms with E-state index in [2.05, 4.69) is 0 Å². The Morgan fingerprint density at radius 1 is 0.966 bits per heavy atom. The third-order valence-corrected chi connectivity index (χ3v) is 7.06. The summed E-state index contributed by atoms with van der Waals surface area (Å²) >= 11 is 0. The van der Waals surface area contributed by atoms with Crippen molar-refractivity contribution >= 4 is 27.3 Å². The molecule has 1 aliphatic rings. The van der Waals surface area contributed by atoms with Crippen LogP contribution in [0.5, 0.6) is 0 Å². The highest BCUT2D eigenvalue weighted by Gasteiger charge is 2.31. The van der Waals surface area contributed by atoms with Crippen molar-refractivity contribution in [3.8, 4) is 0 Å². The molecule has 0 saturated carbocycles. The topological polar surface area (TPSA) is 57.7 Å². The Morgan fingerprint density at radius 3 is 2.34 bits per heavy atom. The first-order valence-corrected chi connectivity index (χ1v) is 10.9. The molecule has 29 heavy (non-hydrogen) atoms. The van der Waals surface area contributed by atoms with Crippen molar-refractivity contribution in [3.05, 3.63) is 89.5 Å². The van der Waals surface area contributed by atoms with E-state index in [4.69, 9.17) is 0 Å². The Morgan fingerprint density at radius 2 is 1.66 bits per heavy atom. The van der Waals surface area contributed by atoms with Crippen molar-refractivity contribution in [2.75, 3.05) is 22.8 Å². The molecular formula is C23H22N2O3S. The fourth-order valence-corrected chi connectivity index (χ4v) is 5.06. The number of anilines is 2. The van der Waals surface area contributed by atoms with Gasteiger partial charge in [0.25, 0.3) is 15.9 Å². The lowest BCUT2D eigenvalue weighted by Crippen LogP contribution is -2.29. The Hall–Kier alpha value is -3.12. The largest absolute Gasteiger partial charge is 0.311 e. The van der Waals surface area contributed by atoms with Crippen LogP contribution in [0.2, 0.25) is 0 Å². The van der Waals surface area contributed by atoms with Crippen LogP contribution < -0.4 is 9.21 Å². The smallest absolute Gasteiger partial charge is 0.264 e. The predicted molar refractivity (Wildman–Crippen MR) is 115 cm³/mol. The second-order valence-corrected chi connectivity index (χ2v) is 9.05. The summed E-state index contributed by atoms with van der Waals surface area (Å²) in [6, 6.07) is 21.5. The number of hydrogen-bond donors (Lipinski definition) is 0. The van der Waals surface area contributed by atoms with Gasteiger partial charge in [-0.25, -0.2) is 8.42 Å². The van der Waals surface area contributed by atoms with Gasteiger partial charge >= 0.3 is 0 Å². The molecule has 1 aliphatic heterocycles. The molecule has 148 valence electrons. The number of benzene rings is 3. The molecule has 0 aliphatic carbocycles. The van der Waals surface area contributed by atoms with Crippen molar-refractivity contribution in [1.29, 1.82) is 0 Å². The van der Waals surface area contributed by atoms with Gasteiger partial charge in [0.05, 0.1) is 10.6 Å². The van der Waals surface area contributed by atoms with Crippen molar-refractivity contribution in [2.45, 2.75) is 18.2 Å². The maximum Gasteiger partial charge on any atom is 0.264 e. The number of nitrogens with zero attached hydrogens (tertiary/aromatic N) is 2. The van der Waals surface area contributed by atoms with E-state index in [1.165, 1.54) is 4.31 Å². The molecule has 0 radical (unpaired) electrons. The summed E-state index contributed by atoms with van der Waals surface area (Å²) in [5, 5.41) is 0. The lowest BCUT2D eigenvalue weighted by Gasteiger charge is -2.21. The predicted octanol–water partition coefficient (Wildman–Crippen LogP) is 4.02. The molecule has 0 spiro atoms. The van der Waals surface area contributed by atoms with Gasteiger partial charge < -0.3 is 4.90 Å². The first kappa shape index (κ1) is 19.2. The maximum absolute atomic E-state index is 13.1. The van der Waals surface area contributed by atoms with Crippen LogP contribution in [0, 0.1) is 6.92 Å². The SMILES string of the molecule is Cc1ccc(S(=O)(=O)N2CCc3cc(C(=O)N(C)c4ccccc4)ccc32)cc1. The number of carbonyl (C=O) groups is 1. The summed E-state index contributed by atoms with van der Waals surface area (Å²) in [6.45, 7) is 2.30. The zero-order chi connectivity index (χ0) is 20.6. The van der Waals surface area contributed by atoms with E-state index in [0.717, 1.165) is 16.8 Å². The third-order valence-electron chi connectivity index (χ3n) is 5.24. The van der Waals surface area contributed by atoms with Gasteiger partial charge in [-0.3, -0.25) is 9.10 Å². The molecule has 3 aromatic rings. The molecule has 0 N–H and O–H groups in total. The van der Waals surface area contributed by atoms with Gasteiger partial charge in [-0.05, 0) is 61.4 Å². The van der Waals surface area contributed by atoms with Gasteiger partial charge in [-0.2, -0.15) is 0 Å². The van der Waals surface area contributed by atoms with Gasteiger partial charge in [0.1, 0.15) is 0 Å². The summed E-state index contributed by atoms with van der Waals surface area (Å²) < 4.78 is 27.6. The summed E-state index contributed by atoms with van der Waals surface area (Å²) in [5.41, 5.74) is 3.88. The molecule has 3 aromatic carbocycles. The fraction of sp³-hybridized carbons (Fsp3) is 0.174. The normalized spacial score (nSPS) is 13.2. The second-order valence-electron chi connectivity index (χ2n) is 7.18. The lowest BCUT2D eigenvalue weighted by atomic mass is 10.1. The third kappa shape index (κ3) is 3.51. The monoisotopic (exact) mass is 406 g/mol. The molecule has 0 unspecified atom stereocenters. The van der Waals surface area contributed by atoms with Crippen LogP contribution in [-0.4, -0.2) is 27.9 Å². The molecule has 1 amide bonds. The zero-order valence-corrected chi connectivity index (χ0v) is 17.2. The molecular weight excluding hydrogens is 384 g/mol. The van der Waals surface area contributed by atoms with Gasteiger partial charge in [0, 0.05) is 24.8 Å². The summed E-state index contributed by atoms with van der Waals surface area (Å²) in [7, 11) is -1.89. The van der Waals surface area contributed by atoms with Gasteiger partial charge in [0.2, 0.25) is 0 Å². The molecule has 4 rings (SSSR count). The number of sulfonamides is 1. The maximum atomic E-state index is 13.1. The van der Waals surface area contributed by atoms with Crippen LogP contribution in [0.1, 0.15) is 21.5 Å². The van der Waals surface area contributed by atoms with Gasteiger partial charge in [0.15, 0.2) is 0 Å². The quantitative estimate of drug-likeness (QED) is 0.657. The number of fused-ring (bicyclic) bond motifs is 1. The van der Waals surface area contributed by atoms with Crippen LogP contribution in [0.4, 0.5) is 11.4 Å². The Balaban J connectivity index is 1.63. The molecule has 0 aromatic heterocycles. The van der Waals surface area contributed by atoms with Crippen LogP contribution in [-0.2, 0) is 16.4 Å².